The normalized spacial score (nSPS) is 9.53. The maximum absolute atomic E-state index is 11.2. The maximum Gasteiger partial charge on any atom is 0.310 e. The Labute approximate surface area is 99.7 Å². The van der Waals surface area contributed by atoms with E-state index in [0.29, 0.717) is 22.4 Å². The Kier molecular flexibility index (Phi) is 4.49. The fourth-order valence-corrected chi connectivity index (χ4v) is 1.50. The smallest absolute Gasteiger partial charge is 0.310 e. The molecule has 0 aliphatic carbocycles. The summed E-state index contributed by atoms with van der Waals surface area (Å²) in [5.74, 6) is 0.155. The van der Waals surface area contributed by atoms with E-state index in [1.165, 1.54) is 14.2 Å². The predicted molar refractivity (Wildman–Crippen MR) is 61.3 cm³/mol. The van der Waals surface area contributed by atoms with E-state index in [4.69, 9.17) is 15.7 Å². The quantitative estimate of drug-likeness (QED) is 0.776. The first-order valence-corrected chi connectivity index (χ1v) is 5.03. The number of carbonyl (C=O) groups is 1. The van der Waals surface area contributed by atoms with Crippen LogP contribution in [-0.4, -0.2) is 20.2 Å². The van der Waals surface area contributed by atoms with Crippen LogP contribution in [0.4, 0.5) is 0 Å². The van der Waals surface area contributed by atoms with Crippen LogP contribution in [0.1, 0.15) is 16.7 Å². The van der Waals surface area contributed by atoms with Crippen LogP contribution < -0.4 is 10.5 Å². The van der Waals surface area contributed by atoms with Gasteiger partial charge in [-0.2, -0.15) is 5.26 Å². The van der Waals surface area contributed by atoms with Crippen LogP contribution in [0, 0.1) is 11.3 Å². The number of methoxy groups -OCH3 is 2. The van der Waals surface area contributed by atoms with E-state index in [1.807, 2.05) is 6.07 Å². The third-order valence-corrected chi connectivity index (χ3v) is 2.41. The van der Waals surface area contributed by atoms with Gasteiger partial charge in [-0.05, 0) is 17.7 Å². The number of esters is 1. The highest BCUT2D eigenvalue weighted by molar-refractivity contribution is 5.74. The number of ether oxygens (including phenoxy) is 2. The van der Waals surface area contributed by atoms with E-state index in [2.05, 4.69) is 4.74 Å². The summed E-state index contributed by atoms with van der Waals surface area (Å²) >= 11 is 0. The van der Waals surface area contributed by atoms with Gasteiger partial charge in [-0.15, -0.1) is 0 Å². The second-order valence-corrected chi connectivity index (χ2v) is 3.39. The van der Waals surface area contributed by atoms with Crippen molar-refractivity contribution >= 4 is 5.97 Å². The van der Waals surface area contributed by atoms with Crippen LogP contribution in [0.15, 0.2) is 12.1 Å². The summed E-state index contributed by atoms with van der Waals surface area (Å²) < 4.78 is 9.74. The molecule has 0 saturated heterocycles. The Hall–Kier alpha value is -2.06. The average molecular weight is 234 g/mol. The van der Waals surface area contributed by atoms with Gasteiger partial charge in [0.25, 0.3) is 0 Å². The van der Waals surface area contributed by atoms with Gasteiger partial charge in [0.1, 0.15) is 5.75 Å². The minimum absolute atomic E-state index is 0.0687. The number of hydrogen-bond acceptors (Lipinski definition) is 5. The molecule has 1 aromatic rings. The molecule has 90 valence electrons. The molecular formula is C12H14N2O3. The number of benzene rings is 1. The van der Waals surface area contributed by atoms with Crippen molar-refractivity contribution in [2.24, 2.45) is 5.73 Å². The summed E-state index contributed by atoms with van der Waals surface area (Å²) in [4.78, 5) is 11.2. The molecule has 0 aliphatic rings. The van der Waals surface area contributed by atoms with E-state index < -0.39 is 0 Å². The predicted octanol–water partition coefficient (Wildman–Crippen LogP) is 0.741. The number of carbonyl (C=O) groups excluding carboxylic acids is 1. The van der Waals surface area contributed by atoms with E-state index in [-0.39, 0.29) is 18.9 Å². The molecular weight excluding hydrogens is 220 g/mol. The van der Waals surface area contributed by atoms with Crippen LogP contribution in [0.2, 0.25) is 0 Å². The Morgan fingerprint density at radius 1 is 1.41 bits per heavy atom. The van der Waals surface area contributed by atoms with Crippen LogP contribution in [0.25, 0.3) is 0 Å². The van der Waals surface area contributed by atoms with Crippen molar-refractivity contribution in [3.63, 3.8) is 0 Å². The molecule has 0 unspecified atom stereocenters. The molecule has 0 amide bonds. The minimum Gasteiger partial charge on any atom is -0.496 e. The Bertz CT molecular complexity index is 464. The van der Waals surface area contributed by atoms with E-state index in [9.17, 15) is 4.79 Å². The molecule has 5 heteroatoms. The number of rotatable bonds is 4. The van der Waals surface area contributed by atoms with Gasteiger partial charge in [0, 0.05) is 12.1 Å². The van der Waals surface area contributed by atoms with Gasteiger partial charge in [-0.1, -0.05) is 0 Å². The third kappa shape index (κ3) is 2.95. The molecule has 17 heavy (non-hydrogen) atoms. The van der Waals surface area contributed by atoms with Gasteiger partial charge >= 0.3 is 5.97 Å². The van der Waals surface area contributed by atoms with Crippen molar-refractivity contribution < 1.29 is 14.3 Å². The molecule has 0 bridgehead atoms. The lowest BCUT2D eigenvalue weighted by Crippen LogP contribution is -2.08. The molecule has 5 nitrogen and oxygen atoms in total. The highest BCUT2D eigenvalue weighted by atomic mass is 16.5. The zero-order valence-corrected chi connectivity index (χ0v) is 9.82. The van der Waals surface area contributed by atoms with Crippen molar-refractivity contribution in [2.45, 2.75) is 13.0 Å². The number of hydrogen-bond donors (Lipinski definition) is 1. The summed E-state index contributed by atoms with van der Waals surface area (Å²) in [6, 6.07) is 5.33. The first-order valence-electron chi connectivity index (χ1n) is 5.03. The number of nitrogens with two attached hydrogens (primary N) is 1. The van der Waals surface area contributed by atoms with E-state index >= 15 is 0 Å². The number of nitriles is 1. The maximum atomic E-state index is 11.2. The van der Waals surface area contributed by atoms with Crippen molar-refractivity contribution in [1.82, 2.24) is 0 Å². The Balaban J connectivity index is 3.20. The second-order valence-electron chi connectivity index (χ2n) is 3.39. The first-order chi connectivity index (χ1) is 8.15. The molecule has 1 rings (SSSR count). The molecule has 0 aliphatic heterocycles. The topological polar surface area (TPSA) is 85.3 Å². The third-order valence-electron chi connectivity index (χ3n) is 2.41. The second kappa shape index (κ2) is 5.87. The SMILES string of the molecule is COC(=O)Cc1cc(C#N)c(CN)cc1OC. The molecule has 2 N–H and O–H groups in total. The molecule has 0 spiro atoms. The van der Waals surface area contributed by atoms with Gasteiger partial charge in [0.15, 0.2) is 0 Å². The van der Waals surface area contributed by atoms with E-state index in [0.717, 1.165) is 0 Å². The van der Waals surface area contributed by atoms with Gasteiger partial charge in [0.05, 0.1) is 32.3 Å². The van der Waals surface area contributed by atoms with Gasteiger partial charge in [-0.3, -0.25) is 4.79 Å². The fourth-order valence-electron chi connectivity index (χ4n) is 1.50. The van der Waals surface area contributed by atoms with Crippen molar-refractivity contribution in [2.75, 3.05) is 14.2 Å². The fraction of sp³-hybridized carbons (Fsp3) is 0.333. The zero-order valence-electron chi connectivity index (χ0n) is 9.82. The van der Waals surface area contributed by atoms with Crippen LogP contribution >= 0.6 is 0 Å². The lowest BCUT2D eigenvalue weighted by molar-refractivity contribution is -0.139. The minimum atomic E-state index is -0.382. The summed E-state index contributed by atoms with van der Waals surface area (Å²) in [5, 5.41) is 8.97. The molecule has 0 heterocycles. The standard InChI is InChI=1S/C12H14N2O3/c1-16-11-4-10(7-14)9(6-13)3-8(11)5-12(15)17-2/h3-4H,5,7,14H2,1-2H3. The lowest BCUT2D eigenvalue weighted by atomic mass is 10.0. The first kappa shape index (κ1) is 13.0. The summed E-state index contributed by atoms with van der Waals surface area (Å²) in [7, 11) is 2.82. The molecule has 0 fully saturated rings. The monoisotopic (exact) mass is 234 g/mol. The van der Waals surface area contributed by atoms with Crippen LogP contribution in [0.5, 0.6) is 5.75 Å². The number of nitrogens with zero attached hydrogens (tertiary/aromatic N) is 1. The molecule has 0 saturated carbocycles. The van der Waals surface area contributed by atoms with Crippen molar-refractivity contribution in [3.05, 3.63) is 28.8 Å². The Morgan fingerprint density at radius 3 is 2.59 bits per heavy atom. The molecule has 0 aromatic heterocycles. The zero-order chi connectivity index (χ0) is 12.8. The summed E-state index contributed by atoms with van der Waals surface area (Å²) in [6.45, 7) is 0.248. The molecule has 0 atom stereocenters. The summed E-state index contributed by atoms with van der Waals surface area (Å²) in [5.41, 5.74) is 7.29. The van der Waals surface area contributed by atoms with Crippen LogP contribution in [0.3, 0.4) is 0 Å². The Morgan fingerprint density at radius 2 is 2.12 bits per heavy atom. The summed E-state index contributed by atoms with van der Waals surface area (Å²) in [6.07, 6.45) is 0.0687. The van der Waals surface area contributed by atoms with Gasteiger partial charge in [-0.25, -0.2) is 0 Å². The largest absolute Gasteiger partial charge is 0.496 e. The highest BCUT2D eigenvalue weighted by Crippen LogP contribution is 2.24. The molecule has 1 aromatic carbocycles. The van der Waals surface area contributed by atoms with E-state index in [1.54, 1.807) is 12.1 Å². The van der Waals surface area contributed by atoms with Crippen molar-refractivity contribution in [3.8, 4) is 11.8 Å². The lowest BCUT2D eigenvalue weighted by Gasteiger charge is -2.10. The molecule has 0 radical (unpaired) electrons. The van der Waals surface area contributed by atoms with Gasteiger partial charge in [0.2, 0.25) is 0 Å². The van der Waals surface area contributed by atoms with Crippen molar-refractivity contribution in [1.29, 1.82) is 5.26 Å². The average Bonchev–Trinajstić information content (AvgIpc) is 2.37. The van der Waals surface area contributed by atoms with Gasteiger partial charge < -0.3 is 15.2 Å². The highest BCUT2D eigenvalue weighted by Gasteiger charge is 2.13. The van der Waals surface area contributed by atoms with Crippen LogP contribution in [-0.2, 0) is 22.5 Å².